The molecule has 122 valence electrons. The molecule has 0 spiro atoms. The second-order valence-electron chi connectivity index (χ2n) is 5.53. The predicted molar refractivity (Wildman–Crippen MR) is 93.9 cm³/mol. The highest BCUT2D eigenvalue weighted by atomic mass is 16.5. The maximum atomic E-state index is 12.3. The van der Waals surface area contributed by atoms with Crippen LogP contribution in [0.25, 0.3) is 0 Å². The SMILES string of the molecule is CCCCOc1ccc(NC(=O)c2ccc(CN)cc2)c(C)c1. The summed E-state index contributed by atoms with van der Waals surface area (Å²) in [4.78, 5) is 12.3. The summed E-state index contributed by atoms with van der Waals surface area (Å²) in [6.45, 7) is 5.28. The van der Waals surface area contributed by atoms with E-state index in [1.165, 1.54) is 0 Å². The van der Waals surface area contributed by atoms with Gasteiger partial charge >= 0.3 is 0 Å². The third kappa shape index (κ3) is 4.83. The second kappa shape index (κ2) is 8.34. The first-order chi connectivity index (χ1) is 11.1. The van der Waals surface area contributed by atoms with Crippen LogP contribution in [0.4, 0.5) is 5.69 Å². The van der Waals surface area contributed by atoms with Crippen LogP contribution < -0.4 is 15.8 Å². The van der Waals surface area contributed by atoms with E-state index in [4.69, 9.17) is 10.5 Å². The van der Waals surface area contributed by atoms with E-state index in [1.54, 1.807) is 12.1 Å². The Balaban J connectivity index is 2.02. The highest BCUT2D eigenvalue weighted by Gasteiger charge is 2.08. The first kappa shape index (κ1) is 17.0. The van der Waals surface area contributed by atoms with Crippen LogP contribution in [-0.2, 0) is 6.54 Å². The number of rotatable bonds is 7. The van der Waals surface area contributed by atoms with E-state index in [0.717, 1.165) is 42.0 Å². The monoisotopic (exact) mass is 312 g/mol. The zero-order valence-electron chi connectivity index (χ0n) is 13.8. The molecule has 0 fully saturated rings. The molecule has 2 aromatic carbocycles. The molecular formula is C19H24N2O2. The Kier molecular flexibility index (Phi) is 6.18. The van der Waals surface area contributed by atoms with Crippen LogP contribution in [-0.4, -0.2) is 12.5 Å². The summed E-state index contributed by atoms with van der Waals surface area (Å²) in [5, 5.41) is 2.93. The molecule has 23 heavy (non-hydrogen) atoms. The van der Waals surface area contributed by atoms with E-state index >= 15 is 0 Å². The minimum atomic E-state index is -0.128. The zero-order valence-corrected chi connectivity index (χ0v) is 13.8. The maximum Gasteiger partial charge on any atom is 0.255 e. The molecule has 0 saturated heterocycles. The summed E-state index contributed by atoms with van der Waals surface area (Å²) in [6.07, 6.45) is 2.15. The van der Waals surface area contributed by atoms with Crippen molar-refractivity contribution in [2.75, 3.05) is 11.9 Å². The Bertz CT molecular complexity index is 651. The van der Waals surface area contributed by atoms with Crippen LogP contribution in [0.15, 0.2) is 42.5 Å². The van der Waals surface area contributed by atoms with Gasteiger partial charge in [0.25, 0.3) is 5.91 Å². The van der Waals surface area contributed by atoms with Gasteiger partial charge in [0.05, 0.1) is 6.61 Å². The van der Waals surface area contributed by atoms with Gasteiger partial charge in [-0.25, -0.2) is 0 Å². The van der Waals surface area contributed by atoms with Crippen LogP contribution in [0.1, 0.15) is 41.3 Å². The topological polar surface area (TPSA) is 64.3 Å². The number of hydrogen-bond acceptors (Lipinski definition) is 3. The molecule has 2 aromatic rings. The van der Waals surface area contributed by atoms with Crippen molar-refractivity contribution in [1.82, 2.24) is 0 Å². The summed E-state index contributed by atoms with van der Waals surface area (Å²) in [6, 6.07) is 13.0. The quantitative estimate of drug-likeness (QED) is 0.762. The van der Waals surface area contributed by atoms with Gasteiger partial charge in [-0.3, -0.25) is 4.79 Å². The Morgan fingerprint density at radius 1 is 1.17 bits per heavy atom. The molecule has 0 atom stereocenters. The maximum absolute atomic E-state index is 12.3. The van der Waals surface area contributed by atoms with Gasteiger partial charge in [-0.05, 0) is 54.8 Å². The summed E-state index contributed by atoms with van der Waals surface area (Å²) >= 11 is 0. The number of benzene rings is 2. The van der Waals surface area contributed by atoms with Crippen molar-refractivity contribution in [2.45, 2.75) is 33.2 Å². The molecule has 0 aliphatic rings. The van der Waals surface area contributed by atoms with Crippen molar-refractivity contribution >= 4 is 11.6 Å². The Labute approximate surface area is 137 Å². The molecule has 0 aliphatic carbocycles. The second-order valence-corrected chi connectivity index (χ2v) is 5.53. The number of nitrogens with one attached hydrogen (secondary N) is 1. The highest BCUT2D eigenvalue weighted by molar-refractivity contribution is 6.04. The summed E-state index contributed by atoms with van der Waals surface area (Å²) in [5.74, 6) is 0.706. The number of anilines is 1. The van der Waals surface area contributed by atoms with Crippen LogP contribution in [0.2, 0.25) is 0 Å². The molecule has 0 aliphatic heterocycles. The van der Waals surface area contributed by atoms with Crippen LogP contribution >= 0.6 is 0 Å². The smallest absolute Gasteiger partial charge is 0.255 e. The van der Waals surface area contributed by atoms with E-state index in [1.807, 2.05) is 37.3 Å². The van der Waals surface area contributed by atoms with Crippen molar-refractivity contribution in [2.24, 2.45) is 5.73 Å². The number of carbonyl (C=O) groups excluding carboxylic acids is 1. The number of hydrogen-bond donors (Lipinski definition) is 2. The largest absolute Gasteiger partial charge is 0.494 e. The standard InChI is InChI=1S/C19H24N2O2/c1-3-4-11-23-17-9-10-18(14(2)12-17)21-19(22)16-7-5-15(13-20)6-8-16/h5-10,12H,3-4,11,13,20H2,1-2H3,(H,21,22). The third-order valence-corrected chi connectivity index (χ3v) is 3.66. The molecule has 4 heteroatoms. The number of unbranched alkanes of at least 4 members (excludes halogenated alkanes) is 1. The minimum Gasteiger partial charge on any atom is -0.494 e. The number of ether oxygens (including phenoxy) is 1. The number of aryl methyl sites for hydroxylation is 1. The van der Waals surface area contributed by atoms with E-state index in [9.17, 15) is 4.79 Å². The summed E-state index contributed by atoms with van der Waals surface area (Å²) in [7, 11) is 0. The Morgan fingerprint density at radius 2 is 1.91 bits per heavy atom. The van der Waals surface area contributed by atoms with Gasteiger partial charge in [-0.1, -0.05) is 25.5 Å². The third-order valence-electron chi connectivity index (χ3n) is 3.66. The lowest BCUT2D eigenvalue weighted by atomic mass is 10.1. The lowest BCUT2D eigenvalue weighted by Crippen LogP contribution is -2.13. The minimum absolute atomic E-state index is 0.128. The van der Waals surface area contributed by atoms with Crippen molar-refractivity contribution in [3.05, 3.63) is 59.2 Å². The molecule has 3 N–H and O–H groups in total. The molecule has 0 heterocycles. The Hall–Kier alpha value is -2.33. The Morgan fingerprint density at radius 3 is 2.52 bits per heavy atom. The summed E-state index contributed by atoms with van der Waals surface area (Å²) in [5.41, 5.74) is 8.96. The molecule has 0 aromatic heterocycles. The normalized spacial score (nSPS) is 10.4. The molecule has 4 nitrogen and oxygen atoms in total. The van der Waals surface area contributed by atoms with Crippen LogP contribution in [0.3, 0.4) is 0 Å². The van der Waals surface area contributed by atoms with Crippen molar-refractivity contribution in [3.63, 3.8) is 0 Å². The van der Waals surface area contributed by atoms with E-state index in [0.29, 0.717) is 12.1 Å². The van der Waals surface area contributed by atoms with Gasteiger partial charge in [0.15, 0.2) is 0 Å². The fourth-order valence-electron chi connectivity index (χ4n) is 2.19. The van der Waals surface area contributed by atoms with Gasteiger partial charge < -0.3 is 15.8 Å². The fourth-order valence-corrected chi connectivity index (χ4v) is 2.19. The van der Waals surface area contributed by atoms with E-state index < -0.39 is 0 Å². The van der Waals surface area contributed by atoms with E-state index in [-0.39, 0.29) is 5.91 Å². The van der Waals surface area contributed by atoms with Crippen molar-refractivity contribution < 1.29 is 9.53 Å². The van der Waals surface area contributed by atoms with Gasteiger partial charge in [0.1, 0.15) is 5.75 Å². The van der Waals surface area contributed by atoms with Gasteiger partial charge in [-0.15, -0.1) is 0 Å². The number of carbonyl (C=O) groups is 1. The van der Waals surface area contributed by atoms with Crippen LogP contribution in [0, 0.1) is 6.92 Å². The number of nitrogens with two attached hydrogens (primary N) is 1. The van der Waals surface area contributed by atoms with Crippen molar-refractivity contribution in [3.8, 4) is 5.75 Å². The van der Waals surface area contributed by atoms with Gasteiger partial charge in [0, 0.05) is 17.8 Å². The zero-order chi connectivity index (χ0) is 16.7. The fraction of sp³-hybridized carbons (Fsp3) is 0.316. The molecule has 1 amide bonds. The number of amides is 1. The van der Waals surface area contributed by atoms with Gasteiger partial charge in [-0.2, -0.15) is 0 Å². The molecule has 0 radical (unpaired) electrons. The highest BCUT2D eigenvalue weighted by Crippen LogP contribution is 2.22. The predicted octanol–water partition coefficient (Wildman–Crippen LogP) is 3.88. The average molecular weight is 312 g/mol. The first-order valence-electron chi connectivity index (χ1n) is 7.98. The van der Waals surface area contributed by atoms with Crippen molar-refractivity contribution in [1.29, 1.82) is 0 Å². The molecule has 0 bridgehead atoms. The lowest BCUT2D eigenvalue weighted by molar-refractivity contribution is 0.102. The van der Waals surface area contributed by atoms with Crippen LogP contribution in [0.5, 0.6) is 5.75 Å². The molecule has 0 unspecified atom stereocenters. The van der Waals surface area contributed by atoms with Gasteiger partial charge in [0.2, 0.25) is 0 Å². The molecule has 0 saturated carbocycles. The molecule has 2 rings (SSSR count). The first-order valence-corrected chi connectivity index (χ1v) is 7.98. The lowest BCUT2D eigenvalue weighted by Gasteiger charge is -2.11. The average Bonchev–Trinajstić information content (AvgIpc) is 2.57. The summed E-state index contributed by atoms with van der Waals surface area (Å²) < 4.78 is 5.67. The molecular weight excluding hydrogens is 288 g/mol. The van der Waals surface area contributed by atoms with E-state index in [2.05, 4.69) is 12.2 Å².